The zero-order chi connectivity index (χ0) is 9.10. The van der Waals surface area contributed by atoms with Crippen LogP contribution < -0.4 is 0 Å². The zero-order valence-electron chi connectivity index (χ0n) is 7.27. The fourth-order valence-corrected chi connectivity index (χ4v) is 1.36. The first-order valence-electron chi connectivity index (χ1n) is 4.27. The molecule has 1 heterocycles. The number of hydrogen-bond acceptors (Lipinski definition) is 1. The van der Waals surface area contributed by atoms with Gasteiger partial charge in [0.1, 0.15) is 0 Å². The normalized spacial score (nSPS) is 10.2. The molecule has 1 radical (unpaired) electrons. The SMILES string of the molecule is [CH]=CCc1cnc2ccccc2c1. The number of benzene rings is 1. The highest BCUT2D eigenvalue weighted by Crippen LogP contribution is 2.12. The molecular formula is C12H10N. The van der Waals surface area contributed by atoms with Gasteiger partial charge in [0.2, 0.25) is 0 Å². The molecule has 0 aliphatic carbocycles. The van der Waals surface area contributed by atoms with Crippen LogP contribution in [0, 0.1) is 6.58 Å². The molecule has 2 aromatic rings. The third-order valence-corrected chi connectivity index (χ3v) is 2.00. The van der Waals surface area contributed by atoms with Gasteiger partial charge in [-0.15, -0.1) is 0 Å². The number of hydrogen-bond donors (Lipinski definition) is 0. The molecule has 0 fully saturated rings. The lowest BCUT2D eigenvalue weighted by atomic mass is 10.1. The molecule has 0 aliphatic heterocycles. The Bertz CT molecular complexity index is 432. The van der Waals surface area contributed by atoms with Crippen molar-refractivity contribution in [3.63, 3.8) is 0 Å². The van der Waals surface area contributed by atoms with Gasteiger partial charge in [0.25, 0.3) is 0 Å². The highest BCUT2D eigenvalue weighted by molar-refractivity contribution is 5.78. The van der Waals surface area contributed by atoms with E-state index in [1.54, 1.807) is 6.08 Å². The Labute approximate surface area is 77.7 Å². The Morgan fingerprint density at radius 3 is 3.00 bits per heavy atom. The van der Waals surface area contributed by atoms with Gasteiger partial charge in [0.15, 0.2) is 0 Å². The van der Waals surface area contributed by atoms with Crippen LogP contribution in [0.2, 0.25) is 0 Å². The first-order chi connectivity index (χ1) is 6.40. The first kappa shape index (κ1) is 7.99. The maximum Gasteiger partial charge on any atom is 0.0702 e. The van der Waals surface area contributed by atoms with Crippen LogP contribution in [-0.2, 0) is 6.42 Å². The van der Waals surface area contributed by atoms with Gasteiger partial charge in [-0.2, -0.15) is 0 Å². The molecule has 13 heavy (non-hydrogen) atoms. The predicted octanol–water partition coefficient (Wildman–Crippen LogP) is 2.77. The molecule has 0 atom stereocenters. The van der Waals surface area contributed by atoms with Crippen molar-refractivity contribution in [2.45, 2.75) is 6.42 Å². The molecule has 0 unspecified atom stereocenters. The Morgan fingerprint density at radius 1 is 1.31 bits per heavy atom. The van der Waals surface area contributed by atoms with Gasteiger partial charge in [-0.3, -0.25) is 4.98 Å². The van der Waals surface area contributed by atoms with Gasteiger partial charge in [0.05, 0.1) is 5.52 Å². The molecule has 0 aliphatic rings. The van der Waals surface area contributed by atoms with Gasteiger partial charge in [0, 0.05) is 11.6 Å². The van der Waals surface area contributed by atoms with Crippen LogP contribution in [0.15, 0.2) is 42.6 Å². The van der Waals surface area contributed by atoms with Crippen molar-refractivity contribution in [1.82, 2.24) is 4.98 Å². The minimum atomic E-state index is 0.776. The number of pyridine rings is 1. The van der Waals surface area contributed by atoms with E-state index in [1.165, 1.54) is 5.39 Å². The molecule has 1 aromatic heterocycles. The molecule has 1 aromatic carbocycles. The Balaban J connectivity index is 2.55. The predicted molar refractivity (Wildman–Crippen MR) is 54.3 cm³/mol. The highest BCUT2D eigenvalue weighted by Gasteiger charge is 1.94. The number of nitrogens with zero attached hydrogens (tertiary/aromatic N) is 1. The summed E-state index contributed by atoms with van der Waals surface area (Å²) in [5.74, 6) is 0. The molecule has 2 rings (SSSR count). The quantitative estimate of drug-likeness (QED) is 0.672. The van der Waals surface area contributed by atoms with Crippen molar-refractivity contribution in [1.29, 1.82) is 0 Å². The van der Waals surface area contributed by atoms with Gasteiger partial charge in [-0.25, -0.2) is 0 Å². The molecule has 0 amide bonds. The van der Waals surface area contributed by atoms with E-state index in [0.717, 1.165) is 17.5 Å². The van der Waals surface area contributed by atoms with Crippen molar-refractivity contribution in [3.8, 4) is 0 Å². The highest BCUT2D eigenvalue weighted by atomic mass is 14.6. The van der Waals surface area contributed by atoms with Crippen molar-refractivity contribution in [2.75, 3.05) is 0 Å². The second-order valence-electron chi connectivity index (χ2n) is 2.98. The van der Waals surface area contributed by atoms with E-state index in [1.807, 2.05) is 24.4 Å². The summed E-state index contributed by atoms with van der Waals surface area (Å²) in [5, 5.41) is 1.17. The van der Waals surface area contributed by atoms with Crippen LogP contribution in [0.4, 0.5) is 0 Å². The van der Waals surface area contributed by atoms with Crippen LogP contribution in [0.5, 0.6) is 0 Å². The summed E-state index contributed by atoms with van der Waals surface area (Å²) >= 11 is 0. The Kier molecular flexibility index (Phi) is 2.09. The summed E-state index contributed by atoms with van der Waals surface area (Å²) < 4.78 is 0. The van der Waals surface area contributed by atoms with E-state index in [4.69, 9.17) is 6.58 Å². The van der Waals surface area contributed by atoms with Crippen LogP contribution in [0.3, 0.4) is 0 Å². The van der Waals surface area contributed by atoms with Crippen molar-refractivity contribution >= 4 is 10.9 Å². The minimum absolute atomic E-state index is 0.776. The number of aromatic nitrogens is 1. The monoisotopic (exact) mass is 168 g/mol. The van der Waals surface area contributed by atoms with E-state index >= 15 is 0 Å². The van der Waals surface area contributed by atoms with Crippen molar-refractivity contribution in [2.24, 2.45) is 0 Å². The largest absolute Gasteiger partial charge is 0.256 e. The molecule has 1 nitrogen and oxygen atoms in total. The second-order valence-corrected chi connectivity index (χ2v) is 2.98. The molecule has 0 spiro atoms. The summed E-state index contributed by atoms with van der Waals surface area (Å²) in [6, 6.07) is 10.2. The molecule has 1 heteroatoms. The molecule has 0 saturated carbocycles. The number of para-hydroxylation sites is 1. The van der Waals surface area contributed by atoms with Crippen LogP contribution in [0.1, 0.15) is 5.56 Å². The Morgan fingerprint density at radius 2 is 2.15 bits per heavy atom. The van der Waals surface area contributed by atoms with Gasteiger partial charge in [-0.1, -0.05) is 30.9 Å². The standard InChI is InChI=1S/C12H10N/c1-2-5-10-8-11-6-3-4-7-12(11)13-9-10/h1-4,6-9H,5H2. The average Bonchev–Trinajstić information content (AvgIpc) is 2.18. The molecule has 0 saturated heterocycles. The fourth-order valence-electron chi connectivity index (χ4n) is 1.36. The van der Waals surface area contributed by atoms with Crippen LogP contribution in [-0.4, -0.2) is 4.98 Å². The number of allylic oxidation sites excluding steroid dienone is 1. The molecule has 0 bridgehead atoms. The maximum atomic E-state index is 5.35. The van der Waals surface area contributed by atoms with Gasteiger partial charge in [-0.05, 0) is 24.1 Å². The lowest BCUT2D eigenvalue weighted by Gasteiger charge is -1.99. The summed E-state index contributed by atoms with van der Waals surface area (Å²) in [6.07, 6.45) is 4.29. The van der Waals surface area contributed by atoms with E-state index in [9.17, 15) is 0 Å². The maximum absolute atomic E-state index is 5.35. The summed E-state index contributed by atoms with van der Waals surface area (Å²) in [6.45, 7) is 5.35. The molecule has 63 valence electrons. The average molecular weight is 168 g/mol. The van der Waals surface area contributed by atoms with Crippen LogP contribution in [0.25, 0.3) is 10.9 Å². The third-order valence-electron chi connectivity index (χ3n) is 2.00. The van der Waals surface area contributed by atoms with Crippen molar-refractivity contribution in [3.05, 3.63) is 54.7 Å². The molecular weight excluding hydrogens is 158 g/mol. The Hall–Kier alpha value is -1.63. The topological polar surface area (TPSA) is 12.9 Å². The zero-order valence-corrected chi connectivity index (χ0v) is 7.27. The third kappa shape index (κ3) is 1.59. The summed E-state index contributed by atoms with van der Waals surface area (Å²) in [5.41, 5.74) is 2.18. The smallest absolute Gasteiger partial charge is 0.0702 e. The van der Waals surface area contributed by atoms with E-state index < -0.39 is 0 Å². The summed E-state index contributed by atoms with van der Waals surface area (Å²) in [4.78, 5) is 4.32. The molecule has 0 N–H and O–H groups in total. The van der Waals surface area contributed by atoms with Gasteiger partial charge >= 0.3 is 0 Å². The summed E-state index contributed by atoms with van der Waals surface area (Å²) in [7, 11) is 0. The number of rotatable bonds is 2. The second kappa shape index (κ2) is 3.40. The van der Waals surface area contributed by atoms with E-state index in [0.29, 0.717) is 0 Å². The van der Waals surface area contributed by atoms with E-state index in [2.05, 4.69) is 17.1 Å². The fraction of sp³-hybridized carbons (Fsp3) is 0.0833. The van der Waals surface area contributed by atoms with Crippen LogP contribution >= 0.6 is 0 Å². The number of fused-ring (bicyclic) bond motifs is 1. The minimum Gasteiger partial charge on any atom is -0.256 e. The lowest BCUT2D eigenvalue weighted by molar-refractivity contribution is 1.23. The van der Waals surface area contributed by atoms with Gasteiger partial charge < -0.3 is 0 Å². The lowest BCUT2D eigenvalue weighted by Crippen LogP contribution is -1.84. The van der Waals surface area contributed by atoms with Crippen molar-refractivity contribution < 1.29 is 0 Å². The van der Waals surface area contributed by atoms with E-state index in [-0.39, 0.29) is 0 Å². The first-order valence-corrected chi connectivity index (χ1v) is 4.27.